The molecule has 0 unspecified atom stereocenters. The van der Waals surface area contributed by atoms with Gasteiger partial charge in [-0.05, 0) is 6.07 Å². The standard InChI is InChI=1S/C13H13N3O4/c1-15-6-5-14-13(15)4-7-20-12-3-2-11(16(18)19)8-10(12)9-17/h2-3,5-6,8-9H,4,7H2,1H3. The third-order valence-electron chi connectivity index (χ3n) is 2.84. The van der Waals surface area contributed by atoms with Crippen LogP contribution >= 0.6 is 0 Å². The van der Waals surface area contributed by atoms with Gasteiger partial charge in [-0.2, -0.15) is 0 Å². The third-order valence-corrected chi connectivity index (χ3v) is 2.84. The van der Waals surface area contributed by atoms with Crippen molar-refractivity contribution in [2.45, 2.75) is 6.42 Å². The van der Waals surface area contributed by atoms with Crippen LogP contribution in [0.25, 0.3) is 0 Å². The summed E-state index contributed by atoms with van der Waals surface area (Å²) in [6.07, 6.45) is 4.65. The molecule has 0 bridgehead atoms. The van der Waals surface area contributed by atoms with Gasteiger partial charge >= 0.3 is 0 Å². The monoisotopic (exact) mass is 275 g/mol. The van der Waals surface area contributed by atoms with E-state index in [0.717, 1.165) is 5.82 Å². The Morgan fingerprint density at radius 2 is 2.30 bits per heavy atom. The van der Waals surface area contributed by atoms with Gasteiger partial charge in [0.15, 0.2) is 6.29 Å². The lowest BCUT2D eigenvalue weighted by molar-refractivity contribution is -0.384. The van der Waals surface area contributed by atoms with Crippen LogP contribution in [0.4, 0.5) is 5.69 Å². The van der Waals surface area contributed by atoms with Gasteiger partial charge in [-0.25, -0.2) is 4.98 Å². The van der Waals surface area contributed by atoms with Gasteiger partial charge in [0, 0.05) is 38.0 Å². The number of nitro benzene ring substituents is 1. The molecule has 7 nitrogen and oxygen atoms in total. The van der Waals surface area contributed by atoms with Crippen LogP contribution in [-0.4, -0.2) is 27.4 Å². The molecule has 0 saturated heterocycles. The number of rotatable bonds is 6. The van der Waals surface area contributed by atoms with Gasteiger partial charge < -0.3 is 9.30 Å². The van der Waals surface area contributed by atoms with Gasteiger partial charge in [-0.1, -0.05) is 0 Å². The predicted molar refractivity (Wildman–Crippen MR) is 70.9 cm³/mol. The first-order valence-electron chi connectivity index (χ1n) is 5.94. The number of carbonyl (C=O) groups is 1. The molecule has 0 amide bonds. The summed E-state index contributed by atoms with van der Waals surface area (Å²) in [6.45, 7) is 0.337. The van der Waals surface area contributed by atoms with Crippen molar-refractivity contribution in [3.63, 3.8) is 0 Å². The van der Waals surface area contributed by atoms with E-state index in [-0.39, 0.29) is 11.3 Å². The van der Waals surface area contributed by atoms with Crippen LogP contribution in [0, 0.1) is 10.1 Å². The zero-order chi connectivity index (χ0) is 14.5. The molecular weight excluding hydrogens is 262 g/mol. The number of carbonyl (C=O) groups excluding carboxylic acids is 1. The molecule has 0 aliphatic carbocycles. The van der Waals surface area contributed by atoms with Gasteiger partial charge in [0.2, 0.25) is 0 Å². The molecule has 2 rings (SSSR count). The Bertz CT molecular complexity index is 636. The molecule has 0 saturated carbocycles. The smallest absolute Gasteiger partial charge is 0.270 e. The van der Waals surface area contributed by atoms with Crippen LogP contribution in [0.15, 0.2) is 30.6 Å². The van der Waals surface area contributed by atoms with Crippen molar-refractivity contribution in [2.24, 2.45) is 7.05 Å². The van der Waals surface area contributed by atoms with Gasteiger partial charge in [-0.15, -0.1) is 0 Å². The molecule has 0 fully saturated rings. The molecular formula is C13H13N3O4. The van der Waals surface area contributed by atoms with Gasteiger partial charge in [0.05, 0.1) is 17.1 Å². The van der Waals surface area contributed by atoms with Gasteiger partial charge in [-0.3, -0.25) is 14.9 Å². The van der Waals surface area contributed by atoms with Crippen molar-refractivity contribution in [2.75, 3.05) is 6.61 Å². The molecule has 104 valence electrons. The van der Waals surface area contributed by atoms with Crippen LogP contribution in [0.5, 0.6) is 5.75 Å². The van der Waals surface area contributed by atoms with E-state index in [2.05, 4.69) is 4.98 Å². The highest BCUT2D eigenvalue weighted by Crippen LogP contribution is 2.22. The number of hydrogen-bond acceptors (Lipinski definition) is 5. The number of ether oxygens (including phenoxy) is 1. The Hall–Kier alpha value is -2.70. The highest BCUT2D eigenvalue weighted by Gasteiger charge is 2.11. The molecule has 7 heteroatoms. The SMILES string of the molecule is Cn1ccnc1CCOc1ccc([N+](=O)[O-])cc1C=O. The minimum atomic E-state index is -0.551. The Morgan fingerprint density at radius 1 is 1.50 bits per heavy atom. The Labute approximate surface area is 115 Å². The summed E-state index contributed by atoms with van der Waals surface area (Å²) in [4.78, 5) is 25.2. The second-order valence-electron chi connectivity index (χ2n) is 4.15. The van der Waals surface area contributed by atoms with E-state index in [9.17, 15) is 14.9 Å². The van der Waals surface area contributed by atoms with E-state index < -0.39 is 4.92 Å². The molecule has 0 atom stereocenters. The Kier molecular flexibility index (Phi) is 4.09. The maximum Gasteiger partial charge on any atom is 0.270 e. The third kappa shape index (κ3) is 3.00. The fraction of sp³-hybridized carbons (Fsp3) is 0.231. The average Bonchev–Trinajstić information content (AvgIpc) is 2.84. The van der Waals surface area contributed by atoms with Gasteiger partial charge in [0.25, 0.3) is 5.69 Å². The maximum atomic E-state index is 10.9. The van der Waals surface area contributed by atoms with E-state index in [1.807, 2.05) is 17.8 Å². The molecule has 0 aliphatic heterocycles. The van der Waals surface area contributed by atoms with Gasteiger partial charge in [0.1, 0.15) is 11.6 Å². The lowest BCUT2D eigenvalue weighted by Crippen LogP contribution is -2.07. The van der Waals surface area contributed by atoms with E-state index >= 15 is 0 Å². The van der Waals surface area contributed by atoms with E-state index in [1.54, 1.807) is 6.20 Å². The number of nitrogens with zero attached hydrogens (tertiary/aromatic N) is 3. The van der Waals surface area contributed by atoms with Crippen molar-refractivity contribution >= 4 is 12.0 Å². The highest BCUT2D eigenvalue weighted by molar-refractivity contribution is 5.80. The average molecular weight is 275 g/mol. The van der Waals surface area contributed by atoms with Crippen LogP contribution in [-0.2, 0) is 13.5 Å². The van der Waals surface area contributed by atoms with E-state index in [0.29, 0.717) is 25.1 Å². The quantitative estimate of drug-likeness (QED) is 0.455. The number of hydrogen-bond donors (Lipinski definition) is 0. The van der Waals surface area contributed by atoms with Crippen LogP contribution < -0.4 is 4.74 Å². The fourth-order valence-electron chi connectivity index (χ4n) is 1.76. The summed E-state index contributed by atoms with van der Waals surface area (Å²) in [5.41, 5.74) is 0.0302. The number of benzene rings is 1. The first kappa shape index (κ1) is 13.7. The summed E-state index contributed by atoms with van der Waals surface area (Å²) < 4.78 is 7.36. The highest BCUT2D eigenvalue weighted by atomic mass is 16.6. The zero-order valence-corrected chi connectivity index (χ0v) is 10.9. The molecule has 1 heterocycles. The number of non-ortho nitro benzene ring substituents is 1. The molecule has 20 heavy (non-hydrogen) atoms. The Morgan fingerprint density at radius 3 is 2.90 bits per heavy atom. The van der Waals surface area contributed by atoms with Crippen molar-refractivity contribution in [1.29, 1.82) is 0 Å². The van der Waals surface area contributed by atoms with Crippen LogP contribution in [0.2, 0.25) is 0 Å². The Balaban J connectivity index is 2.04. The molecule has 1 aromatic carbocycles. The van der Waals surface area contributed by atoms with Crippen molar-refractivity contribution < 1.29 is 14.5 Å². The first-order valence-corrected chi connectivity index (χ1v) is 5.94. The molecule has 0 radical (unpaired) electrons. The van der Waals surface area contributed by atoms with Crippen molar-refractivity contribution in [3.05, 3.63) is 52.1 Å². The summed E-state index contributed by atoms with van der Waals surface area (Å²) in [7, 11) is 1.88. The maximum absolute atomic E-state index is 10.9. The topological polar surface area (TPSA) is 87.3 Å². The lowest BCUT2D eigenvalue weighted by atomic mass is 10.2. The minimum Gasteiger partial charge on any atom is -0.492 e. The second-order valence-corrected chi connectivity index (χ2v) is 4.15. The van der Waals surface area contributed by atoms with Crippen molar-refractivity contribution in [1.82, 2.24) is 9.55 Å². The molecule has 0 spiro atoms. The van der Waals surface area contributed by atoms with Crippen LogP contribution in [0.1, 0.15) is 16.2 Å². The molecule has 2 aromatic rings. The molecule has 1 aromatic heterocycles. The summed E-state index contributed by atoms with van der Waals surface area (Å²) >= 11 is 0. The predicted octanol–water partition coefficient (Wildman–Crippen LogP) is 1.76. The minimum absolute atomic E-state index is 0.136. The normalized spacial score (nSPS) is 10.2. The lowest BCUT2D eigenvalue weighted by Gasteiger charge is -2.08. The number of aromatic nitrogens is 2. The first-order chi connectivity index (χ1) is 9.61. The fourth-order valence-corrected chi connectivity index (χ4v) is 1.76. The van der Waals surface area contributed by atoms with E-state index in [4.69, 9.17) is 4.74 Å². The molecule has 0 aliphatic rings. The van der Waals surface area contributed by atoms with Crippen molar-refractivity contribution in [3.8, 4) is 5.75 Å². The number of nitro groups is 1. The summed E-state index contributed by atoms with van der Waals surface area (Å²) in [5, 5.41) is 10.6. The van der Waals surface area contributed by atoms with E-state index in [1.165, 1.54) is 18.2 Å². The number of aryl methyl sites for hydroxylation is 1. The number of imidazole rings is 1. The summed E-state index contributed by atoms with van der Waals surface area (Å²) in [5.74, 6) is 1.19. The summed E-state index contributed by atoms with van der Waals surface area (Å²) in [6, 6.07) is 3.94. The largest absolute Gasteiger partial charge is 0.492 e. The second kappa shape index (κ2) is 5.96. The molecule has 0 N–H and O–H groups in total. The zero-order valence-electron chi connectivity index (χ0n) is 10.9. The van der Waals surface area contributed by atoms with Crippen LogP contribution in [0.3, 0.4) is 0 Å². The number of aldehydes is 1.